The van der Waals surface area contributed by atoms with E-state index in [0.29, 0.717) is 5.92 Å². The molecule has 1 aliphatic rings. The van der Waals surface area contributed by atoms with Crippen molar-refractivity contribution in [2.75, 3.05) is 0 Å². The Labute approximate surface area is 159 Å². The lowest BCUT2D eigenvalue weighted by Gasteiger charge is -2.27. The zero-order chi connectivity index (χ0) is 18.7. The molecule has 1 aliphatic carbocycles. The van der Waals surface area contributed by atoms with Gasteiger partial charge in [0.25, 0.3) is 0 Å². The molecule has 0 aromatic heterocycles. The van der Waals surface area contributed by atoms with Gasteiger partial charge >= 0.3 is 0 Å². The summed E-state index contributed by atoms with van der Waals surface area (Å²) in [4.78, 5) is 0. The van der Waals surface area contributed by atoms with Gasteiger partial charge in [0.15, 0.2) is 0 Å². The van der Waals surface area contributed by atoms with E-state index < -0.39 is 0 Å². The highest BCUT2D eigenvalue weighted by Crippen LogP contribution is 2.36. The molecule has 0 bridgehead atoms. The third-order valence-corrected chi connectivity index (χ3v) is 6.04. The molecular weight excluding hydrogens is 312 g/mol. The fraction of sp³-hybridized carbons (Fsp3) is 0.385. The summed E-state index contributed by atoms with van der Waals surface area (Å²) in [6.07, 6.45) is 5.24. The first-order valence-electron chi connectivity index (χ1n) is 9.83. The van der Waals surface area contributed by atoms with Crippen LogP contribution in [0.5, 0.6) is 0 Å². The SMILES string of the molecule is C=C(c1ccc(C#Cc2cc(C)c(C)c(C)c2)cc1)C1CCC(C)CC1. The highest BCUT2D eigenvalue weighted by atomic mass is 14.3. The highest BCUT2D eigenvalue weighted by molar-refractivity contribution is 5.66. The minimum absolute atomic E-state index is 0.654. The molecule has 0 heterocycles. The van der Waals surface area contributed by atoms with Gasteiger partial charge in [0.1, 0.15) is 0 Å². The average Bonchev–Trinajstić information content (AvgIpc) is 2.65. The fourth-order valence-corrected chi connectivity index (χ4v) is 3.86. The summed E-state index contributed by atoms with van der Waals surface area (Å²) >= 11 is 0. The highest BCUT2D eigenvalue weighted by Gasteiger charge is 2.21. The number of hydrogen-bond donors (Lipinski definition) is 0. The predicted molar refractivity (Wildman–Crippen MR) is 113 cm³/mol. The van der Waals surface area contributed by atoms with E-state index in [4.69, 9.17) is 0 Å². The van der Waals surface area contributed by atoms with Crippen molar-refractivity contribution in [3.05, 3.63) is 76.4 Å². The monoisotopic (exact) mass is 342 g/mol. The standard InChI is InChI=1S/C26H30/c1-18-6-12-25(13-7-18)22(5)26-14-10-23(11-15-26)8-9-24-16-19(2)21(4)20(3)17-24/h10-11,14-18,25H,5-7,12-13H2,1-4H3. The first kappa shape index (κ1) is 18.5. The molecule has 1 saturated carbocycles. The van der Waals surface area contributed by atoms with Crippen LogP contribution in [0.1, 0.15) is 66.0 Å². The van der Waals surface area contributed by atoms with Crippen LogP contribution in [0.15, 0.2) is 43.0 Å². The summed E-state index contributed by atoms with van der Waals surface area (Å²) in [5.74, 6) is 8.16. The summed E-state index contributed by atoms with van der Waals surface area (Å²) in [7, 11) is 0. The van der Waals surface area contributed by atoms with Crippen molar-refractivity contribution in [2.24, 2.45) is 11.8 Å². The maximum Gasteiger partial charge on any atom is 0.0254 e. The largest absolute Gasteiger partial charge is 0.0950 e. The molecule has 3 rings (SSSR count). The van der Waals surface area contributed by atoms with E-state index in [-0.39, 0.29) is 0 Å². The Morgan fingerprint density at radius 3 is 1.96 bits per heavy atom. The van der Waals surface area contributed by atoms with Gasteiger partial charge in [0.2, 0.25) is 0 Å². The van der Waals surface area contributed by atoms with Crippen LogP contribution in [0.3, 0.4) is 0 Å². The average molecular weight is 343 g/mol. The van der Waals surface area contributed by atoms with E-state index >= 15 is 0 Å². The molecule has 0 saturated heterocycles. The van der Waals surface area contributed by atoms with Crippen molar-refractivity contribution in [1.82, 2.24) is 0 Å². The van der Waals surface area contributed by atoms with Crippen molar-refractivity contribution in [2.45, 2.75) is 53.4 Å². The van der Waals surface area contributed by atoms with Crippen molar-refractivity contribution >= 4 is 5.57 Å². The lowest BCUT2D eigenvalue weighted by Crippen LogP contribution is -2.13. The number of aryl methyl sites for hydroxylation is 2. The van der Waals surface area contributed by atoms with Crippen molar-refractivity contribution < 1.29 is 0 Å². The molecule has 0 heteroatoms. The molecule has 0 amide bonds. The Morgan fingerprint density at radius 2 is 1.38 bits per heavy atom. The molecule has 0 unspecified atom stereocenters. The molecule has 2 aromatic rings. The van der Waals surface area contributed by atoms with Gasteiger partial charge < -0.3 is 0 Å². The molecule has 0 spiro atoms. The van der Waals surface area contributed by atoms with Crippen molar-refractivity contribution in [3.63, 3.8) is 0 Å². The van der Waals surface area contributed by atoms with Crippen LogP contribution < -0.4 is 0 Å². The third-order valence-electron chi connectivity index (χ3n) is 6.04. The normalized spacial score (nSPS) is 19.5. The van der Waals surface area contributed by atoms with E-state index in [9.17, 15) is 0 Å². The minimum Gasteiger partial charge on any atom is -0.0950 e. The predicted octanol–water partition coefficient (Wildman–Crippen LogP) is 6.85. The van der Waals surface area contributed by atoms with E-state index in [0.717, 1.165) is 17.0 Å². The Bertz CT molecular complexity index is 824. The maximum absolute atomic E-state index is 4.39. The molecule has 26 heavy (non-hydrogen) atoms. The topological polar surface area (TPSA) is 0 Å². The van der Waals surface area contributed by atoms with E-state index in [1.807, 2.05) is 0 Å². The minimum atomic E-state index is 0.654. The van der Waals surface area contributed by atoms with Crippen LogP contribution in [-0.4, -0.2) is 0 Å². The third kappa shape index (κ3) is 4.28. The zero-order valence-electron chi connectivity index (χ0n) is 16.7. The van der Waals surface area contributed by atoms with E-state index in [2.05, 4.69) is 82.5 Å². The quantitative estimate of drug-likeness (QED) is 0.523. The van der Waals surface area contributed by atoms with Gasteiger partial charge in [-0.1, -0.05) is 50.3 Å². The first-order valence-corrected chi connectivity index (χ1v) is 9.83. The number of benzene rings is 2. The molecule has 2 aromatic carbocycles. The maximum atomic E-state index is 4.39. The second-order valence-corrected chi connectivity index (χ2v) is 8.04. The van der Waals surface area contributed by atoms with Crippen LogP contribution in [0.25, 0.3) is 5.57 Å². The smallest absolute Gasteiger partial charge is 0.0254 e. The van der Waals surface area contributed by atoms with Crippen LogP contribution in [-0.2, 0) is 0 Å². The van der Waals surface area contributed by atoms with Gasteiger partial charge in [-0.2, -0.15) is 0 Å². The summed E-state index contributed by atoms with van der Waals surface area (Å²) < 4.78 is 0. The second kappa shape index (κ2) is 7.96. The molecule has 0 nitrogen and oxygen atoms in total. The number of rotatable bonds is 2. The molecular formula is C26H30. The van der Waals surface area contributed by atoms with Crippen LogP contribution in [0.4, 0.5) is 0 Å². The fourth-order valence-electron chi connectivity index (χ4n) is 3.86. The lowest BCUT2D eigenvalue weighted by molar-refractivity contribution is 0.337. The Morgan fingerprint density at radius 1 is 0.846 bits per heavy atom. The molecule has 0 atom stereocenters. The number of hydrogen-bond acceptors (Lipinski definition) is 0. The molecule has 1 fully saturated rings. The lowest BCUT2D eigenvalue weighted by atomic mass is 9.78. The summed E-state index contributed by atoms with van der Waals surface area (Å²) in [6, 6.07) is 13.0. The van der Waals surface area contributed by atoms with Gasteiger partial charge in [-0.05, 0) is 97.5 Å². The van der Waals surface area contributed by atoms with Gasteiger partial charge in [-0.3, -0.25) is 0 Å². The Kier molecular flexibility index (Phi) is 5.67. The Balaban J connectivity index is 1.72. The summed E-state index contributed by atoms with van der Waals surface area (Å²) in [5.41, 5.74) is 8.71. The van der Waals surface area contributed by atoms with Gasteiger partial charge in [0, 0.05) is 11.1 Å². The van der Waals surface area contributed by atoms with Crippen LogP contribution >= 0.6 is 0 Å². The van der Waals surface area contributed by atoms with Crippen LogP contribution in [0, 0.1) is 44.4 Å². The van der Waals surface area contributed by atoms with E-state index in [1.165, 1.54) is 53.5 Å². The van der Waals surface area contributed by atoms with E-state index in [1.54, 1.807) is 0 Å². The van der Waals surface area contributed by atoms with Gasteiger partial charge in [-0.15, -0.1) is 0 Å². The zero-order valence-corrected chi connectivity index (χ0v) is 16.7. The molecule has 0 radical (unpaired) electrons. The molecule has 0 N–H and O–H groups in total. The second-order valence-electron chi connectivity index (χ2n) is 8.04. The summed E-state index contributed by atoms with van der Waals surface area (Å²) in [5, 5.41) is 0. The van der Waals surface area contributed by atoms with Crippen molar-refractivity contribution in [1.29, 1.82) is 0 Å². The number of allylic oxidation sites excluding steroid dienone is 1. The first-order chi connectivity index (χ1) is 12.4. The van der Waals surface area contributed by atoms with Crippen molar-refractivity contribution in [3.8, 4) is 11.8 Å². The van der Waals surface area contributed by atoms with Crippen LogP contribution in [0.2, 0.25) is 0 Å². The van der Waals surface area contributed by atoms with Gasteiger partial charge in [-0.25, -0.2) is 0 Å². The molecule has 134 valence electrons. The molecule has 0 aliphatic heterocycles. The summed E-state index contributed by atoms with van der Waals surface area (Å²) in [6.45, 7) is 13.2. The Hall–Kier alpha value is -2.26. The van der Waals surface area contributed by atoms with Gasteiger partial charge in [0.05, 0.1) is 0 Å².